The van der Waals surface area contributed by atoms with Crippen molar-refractivity contribution < 1.29 is 9.59 Å². The molecule has 0 bridgehead atoms. The van der Waals surface area contributed by atoms with Gasteiger partial charge in [0.05, 0.1) is 0 Å². The SMILES string of the molecule is O=C1CCN(C2CCCSC2)C(=O)C(C2CCCCC2)N1. The van der Waals surface area contributed by atoms with Gasteiger partial charge in [0, 0.05) is 24.8 Å². The number of thioether (sulfide) groups is 1. The fraction of sp³-hybridized carbons (Fsp3) is 0.875. The van der Waals surface area contributed by atoms with Crippen LogP contribution in [0.3, 0.4) is 0 Å². The van der Waals surface area contributed by atoms with E-state index in [0.29, 0.717) is 24.9 Å². The average molecular weight is 310 g/mol. The molecule has 2 atom stereocenters. The molecule has 1 N–H and O–H groups in total. The minimum atomic E-state index is -0.257. The lowest BCUT2D eigenvalue weighted by Gasteiger charge is -2.37. The zero-order valence-corrected chi connectivity index (χ0v) is 13.5. The molecule has 2 heterocycles. The number of carbonyl (C=O) groups excluding carboxylic acids is 2. The Morgan fingerprint density at radius 2 is 1.86 bits per heavy atom. The fourth-order valence-corrected chi connectivity index (χ4v) is 5.09. The van der Waals surface area contributed by atoms with Gasteiger partial charge < -0.3 is 10.2 Å². The molecule has 3 fully saturated rings. The number of nitrogens with one attached hydrogen (secondary N) is 1. The highest BCUT2D eigenvalue weighted by Gasteiger charge is 2.38. The smallest absolute Gasteiger partial charge is 0.245 e. The number of carbonyl (C=O) groups is 2. The quantitative estimate of drug-likeness (QED) is 0.850. The van der Waals surface area contributed by atoms with E-state index in [1.54, 1.807) is 0 Å². The van der Waals surface area contributed by atoms with Gasteiger partial charge >= 0.3 is 0 Å². The molecule has 1 saturated carbocycles. The normalized spacial score (nSPS) is 32.7. The second-order valence-electron chi connectivity index (χ2n) is 6.60. The fourth-order valence-electron chi connectivity index (χ4n) is 3.94. The molecule has 2 amide bonds. The van der Waals surface area contributed by atoms with Crippen LogP contribution in [0.5, 0.6) is 0 Å². The molecule has 2 saturated heterocycles. The van der Waals surface area contributed by atoms with E-state index < -0.39 is 0 Å². The molecule has 1 aliphatic carbocycles. The lowest BCUT2D eigenvalue weighted by Crippen LogP contribution is -2.53. The van der Waals surface area contributed by atoms with Crippen molar-refractivity contribution in [3.05, 3.63) is 0 Å². The van der Waals surface area contributed by atoms with Crippen molar-refractivity contribution in [2.45, 2.75) is 63.5 Å². The van der Waals surface area contributed by atoms with Crippen LogP contribution in [0.1, 0.15) is 51.4 Å². The third kappa shape index (κ3) is 3.55. The molecule has 3 rings (SSSR count). The molecule has 21 heavy (non-hydrogen) atoms. The summed E-state index contributed by atoms with van der Waals surface area (Å²) in [7, 11) is 0. The Balaban J connectivity index is 1.74. The van der Waals surface area contributed by atoms with Crippen LogP contribution in [-0.2, 0) is 9.59 Å². The molecular weight excluding hydrogens is 284 g/mol. The molecule has 5 heteroatoms. The van der Waals surface area contributed by atoms with Gasteiger partial charge in [0.15, 0.2) is 0 Å². The molecule has 0 aromatic carbocycles. The first kappa shape index (κ1) is 15.2. The van der Waals surface area contributed by atoms with Crippen LogP contribution in [0, 0.1) is 5.92 Å². The summed E-state index contributed by atoms with van der Waals surface area (Å²) in [6.45, 7) is 0.610. The van der Waals surface area contributed by atoms with Crippen LogP contribution in [-0.4, -0.2) is 46.8 Å². The van der Waals surface area contributed by atoms with Crippen LogP contribution >= 0.6 is 11.8 Å². The summed E-state index contributed by atoms with van der Waals surface area (Å²) >= 11 is 1.94. The van der Waals surface area contributed by atoms with Gasteiger partial charge in [-0.25, -0.2) is 0 Å². The number of amides is 2. The average Bonchev–Trinajstić information content (AvgIpc) is 2.68. The molecule has 2 aliphatic heterocycles. The Hall–Kier alpha value is -0.710. The van der Waals surface area contributed by atoms with E-state index in [1.807, 2.05) is 16.7 Å². The first-order chi connectivity index (χ1) is 10.3. The standard InChI is InChI=1S/C16H26N2O2S/c19-14-8-9-18(13-7-4-10-21-11-13)16(20)15(17-14)12-5-2-1-3-6-12/h12-13,15H,1-11H2,(H,17,19). The zero-order chi connectivity index (χ0) is 14.7. The van der Waals surface area contributed by atoms with Gasteiger partial charge in [-0.15, -0.1) is 0 Å². The van der Waals surface area contributed by atoms with Crippen molar-refractivity contribution in [3.8, 4) is 0 Å². The van der Waals surface area contributed by atoms with E-state index >= 15 is 0 Å². The predicted octanol–water partition coefficient (Wildman–Crippen LogP) is 2.18. The Morgan fingerprint density at radius 3 is 2.57 bits per heavy atom. The highest BCUT2D eigenvalue weighted by atomic mass is 32.2. The first-order valence-corrected chi connectivity index (χ1v) is 9.59. The largest absolute Gasteiger partial charge is 0.344 e. The topological polar surface area (TPSA) is 49.4 Å². The van der Waals surface area contributed by atoms with Gasteiger partial charge in [-0.2, -0.15) is 11.8 Å². The summed E-state index contributed by atoms with van der Waals surface area (Å²) in [5.41, 5.74) is 0. The van der Waals surface area contributed by atoms with Crippen LogP contribution in [0.15, 0.2) is 0 Å². The lowest BCUT2D eigenvalue weighted by atomic mass is 9.83. The van der Waals surface area contributed by atoms with E-state index in [4.69, 9.17) is 0 Å². The molecule has 0 aromatic heterocycles. The van der Waals surface area contributed by atoms with Gasteiger partial charge in [0.1, 0.15) is 6.04 Å². The van der Waals surface area contributed by atoms with E-state index in [1.165, 1.54) is 31.4 Å². The third-order valence-corrected chi connectivity index (χ3v) is 6.34. The molecule has 0 aromatic rings. The first-order valence-electron chi connectivity index (χ1n) is 8.43. The van der Waals surface area contributed by atoms with Crippen LogP contribution in [0.25, 0.3) is 0 Å². The van der Waals surface area contributed by atoms with Crippen molar-refractivity contribution in [2.75, 3.05) is 18.1 Å². The van der Waals surface area contributed by atoms with E-state index in [2.05, 4.69) is 5.32 Å². The van der Waals surface area contributed by atoms with Gasteiger partial charge in [-0.3, -0.25) is 9.59 Å². The van der Waals surface area contributed by atoms with E-state index in [9.17, 15) is 9.59 Å². The van der Waals surface area contributed by atoms with E-state index in [-0.39, 0.29) is 17.9 Å². The molecule has 4 nitrogen and oxygen atoms in total. The van der Waals surface area contributed by atoms with Crippen molar-refractivity contribution in [1.82, 2.24) is 10.2 Å². The van der Waals surface area contributed by atoms with Crippen molar-refractivity contribution in [2.24, 2.45) is 5.92 Å². The van der Waals surface area contributed by atoms with Crippen LogP contribution in [0.4, 0.5) is 0 Å². The monoisotopic (exact) mass is 310 g/mol. The van der Waals surface area contributed by atoms with Gasteiger partial charge in [-0.05, 0) is 37.4 Å². The summed E-state index contributed by atoms with van der Waals surface area (Å²) in [4.78, 5) is 27.0. The summed E-state index contributed by atoms with van der Waals surface area (Å²) in [5, 5.41) is 3.03. The maximum Gasteiger partial charge on any atom is 0.245 e. The van der Waals surface area contributed by atoms with Crippen molar-refractivity contribution in [3.63, 3.8) is 0 Å². The number of nitrogens with zero attached hydrogens (tertiary/aromatic N) is 1. The summed E-state index contributed by atoms with van der Waals surface area (Å²) < 4.78 is 0. The number of hydrogen-bond acceptors (Lipinski definition) is 3. The van der Waals surface area contributed by atoms with Gasteiger partial charge in [0.2, 0.25) is 11.8 Å². The maximum atomic E-state index is 13.0. The summed E-state index contributed by atoms with van der Waals surface area (Å²) in [5.74, 6) is 2.86. The zero-order valence-electron chi connectivity index (χ0n) is 12.7. The maximum absolute atomic E-state index is 13.0. The van der Waals surface area contributed by atoms with Gasteiger partial charge in [-0.1, -0.05) is 19.3 Å². The van der Waals surface area contributed by atoms with Crippen molar-refractivity contribution >= 4 is 23.6 Å². The lowest BCUT2D eigenvalue weighted by molar-refractivity contribution is -0.137. The molecule has 0 spiro atoms. The van der Waals surface area contributed by atoms with Crippen molar-refractivity contribution in [1.29, 1.82) is 0 Å². The van der Waals surface area contributed by atoms with Gasteiger partial charge in [0.25, 0.3) is 0 Å². The molecule has 3 aliphatic rings. The van der Waals surface area contributed by atoms with E-state index in [0.717, 1.165) is 25.0 Å². The van der Waals surface area contributed by atoms with Crippen LogP contribution < -0.4 is 5.32 Å². The molecule has 118 valence electrons. The number of hydrogen-bond donors (Lipinski definition) is 1. The second-order valence-corrected chi connectivity index (χ2v) is 7.75. The predicted molar refractivity (Wildman–Crippen MR) is 85.2 cm³/mol. The minimum Gasteiger partial charge on any atom is -0.344 e. The number of rotatable bonds is 2. The third-order valence-electron chi connectivity index (χ3n) is 5.14. The Kier molecular flexibility index (Phi) is 5.09. The Bertz CT molecular complexity index is 390. The summed E-state index contributed by atoms with van der Waals surface area (Å²) in [6.07, 6.45) is 8.60. The highest BCUT2D eigenvalue weighted by Crippen LogP contribution is 2.30. The Morgan fingerprint density at radius 1 is 1.05 bits per heavy atom. The highest BCUT2D eigenvalue weighted by molar-refractivity contribution is 7.99. The summed E-state index contributed by atoms with van der Waals surface area (Å²) in [6, 6.07) is 0.0854. The molecule has 0 radical (unpaired) electrons. The second kappa shape index (κ2) is 7.03. The Labute approximate surface area is 131 Å². The molecular formula is C16H26N2O2S. The minimum absolute atomic E-state index is 0.0601. The van der Waals surface area contributed by atoms with Crippen LogP contribution in [0.2, 0.25) is 0 Å². The molecule has 2 unspecified atom stereocenters.